The van der Waals surface area contributed by atoms with Gasteiger partial charge in [-0.05, 0) is 48.2 Å². The quantitative estimate of drug-likeness (QED) is 0.575. The third-order valence-electron chi connectivity index (χ3n) is 4.78. The summed E-state index contributed by atoms with van der Waals surface area (Å²) in [5.74, 6) is 1.82. The summed E-state index contributed by atoms with van der Waals surface area (Å²) in [6.45, 7) is 1.23. The van der Waals surface area contributed by atoms with Crippen LogP contribution in [0.15, 0.2) is 47.5 Å². The van der Waals surface area contributed by atoms with E-state index in [9.17, 15) is 0 Å². The zero-order valence-corrected chi connectivity index (χ0v) is 15.8. The van der Waals surface area contributed by atoms with Crippen molar-refractivity contribution in [1.82, 2.24) is 5.32 Å². The van der Waals surface area contributed by atoms with Crippen LogP contribution >= 0.6 is 11.6 Å². The molecule has 0 saturated heterocycles. The molecule has 3 N–H and O–H groups in total. The fourth-order valence-corrected chi connectivity index (χ4v) is 3.20. The minimum Gasteiger partial charge on any atom is -0.493 e. The van der Waals surface area contributed by atoms with E-state index in [1.807, 2.05) is 36.4 Å². The molecule has 138 valence electrons. The summed E-state index contributed by atoms with van der Waals surface area (Å²) in [6.07, 6.45) is 2.26. The predicted octanol–water partition coefficient (Wildman–Crippen LogP) is 3.49. The Bertz CT molecular complexity index is 803. The lowest BCUT2D eigenvalue weighted by atomic mass is 9.96. The summed E-state index contributed by atoms with van der Waals surface area (Å²) < 4.78 is 10.6. The maximum Gasteiger partial charge on any atom is 0.188 e. The first-order valence-electron chi connectivity index (χ1n) is 8.57. The van der Waals surface area contributed by atoms with Crippen molar-refractivity contribution in [2.75, 3.05) is 20.8 Å². The van der Waals surface area contributed by atoms with E-state index in [0.717, 1.165) is 30.0 Å². The number of ether oxygens (including phenoxy) is 2. The molecule has 2 aromatic rings. The van der Waals surface area contributed by atoms with Gasteiger partial charge in [0.05, 0.1) is 20.8 Å². The van der Waals surface area contributed by atoms with Gasteiger partial charge in [-0.1, -0.05) is 29.8 Å². The van der Waals surface area contributed by atoms with Gasteiger partial charge in [0.15, 0.2) is 17.5 Å². The number of hydrogen-bond donors (Lipinski definition) is 2. The van der Waals surface area contributed by atoms with Gasteiger partial charge < -0.3 is 20.5 Å². The van der Waals surface area contributed by atoms with Crippen LogP contribution in [0.5, 0.6) is 11.5 Å². The lowest BCUT2D eigenvalue weighted by Gasteiger charge is -2.17. The number of nitrogens with zero attached hydrogens (tertiary/aromatic N) is 1. The van der Waals surface area contributed by atoms with Crippen molar-refractivity contribution in [3.63, 3.8) is 0 Å². The standard InChI is InChI=1S/C20H24ClN3O2/c1-25-17-7-6-14(10-18(17)26-2)12-23-19(22)24-13-20(8-9-20)15-4-3-5-16(21)11-15/h3-7,10-11H,8-9,12-13H2,1-2H3,(H3,22,23,24). The third-order valence-corrected chi connectivity index (χ3v) is 5.01. The summed E-state index contributed by atoms with van der Waals surface area (Å²) in [4.78, 5) is 4.43. The van der Waals surface area contributed by atoms with E-state index in [1.165, 1.54) is 5.56 Å². The van der Waals surface area contributed by atoms with Crippen molar-refractivity contribution < 1.29 is 9.47 Å². The molecule has 1 aliphatic carbocycles. The van der Waals surface area contributed by atoms with Gasteiger partial charge in [0.25, 0.3) is 0 Å². The Kier molecular flexibility index (Phi) is 5.57. The Morgan fingerprint density at radius 2 is 1.92 bits per heavy atom. The molecule has 0 aliphatic heterocycles. The van der Waals surface area contributed by atoms with E-state index < -0.39 is 0 Å². The molecule has 0 aromatic heterocycles. The molecule has 1 aliphatic rings. The molecule has 1 fully saturated rings. The van der Waals surface area contributed by atoms with Gasteiger partial charge >= 0.3 is 0 Å². The molecule has 0 atom stereocenters. The minimum absolute atomic E-state index is 0.119. The summed E-state index contributed by atoms with van der Waals surface area (Å²) in [5.41, 5.74) is 8.43. The van der Waals surface area contributed by atoms with Crippen molar-refractivity contribution in [3.8, 4) is 11.5 Å². The van der Waals surface area contributed by atoms with Crippen LogP contribution in [0.25, 0.3) is 0 Å². The Morgan fingerprint density at radius 3 is 2.58 bits per heavy atom. The number of halogens is 1. The number of rotatable bonds is 7. The summed E-state index contributed by atoms with van der Waals surface area (Å²) >= 11 is 6.12. The van der Waals surface area contributed by atoms with E-state index in [-0.39, 0.29) is 5.41 Å². The van der Waals surface area contributed by atoms with Crippen LogP contribution in [0.3, 0.4) is 0 Å². The van der Waals surface area contributed by atoms with Gasteiger partial charge in [-0.3, -0.25) is 0 Å². The highest BCUT2D eigenvalue weighted by molar-refractivity contribution is 6.30. The number of aliphatic imine (C=N–C) groups is 1. The second-order valence-corrected chi connectivity index (χ2v) is 6.97. The number of benzene rings is 2. The monoisotopic (exact) mass is 373 g/mol. The Morgan fingerprint density at radius 1 is 1.15 bits per heavy atom. The first-order valence-corrected chi connectivity index (χ1v) is 8.95. The molecule has 5 nitrogen and oxygen atoms in total. The van der Waals surface area contributed by atoms with E-state index in [4.69, 9.17) is 26.8 Å². The van der Waals surface area contributed by atoms with Crippen LogP contribution < -0.4 is 20.5 Å². The predicted molar refractivity (Wildman–Crippen MR) is 105 cm³/mol. The SMILES string of the molecule is COc1ccc(CN=C(N)NCC2(c3cccc(Cl)c3)CC2)cc1OC. The van der Waals surface area contributed by atoms with Crippen LogP contribution in [0.1, 0.15) is 24.0 Å². The number of guanidine groups is 1. The average molecular weight is 374 g/mol. The molecular formula is C20H24ClN3O2. The molecule has 0 spiro atoms. The highest BCUT2D eigenvalue weighted by Crippen LogP contribution is 2.48. The first kappa shape index (κ1) is 18.4. The van der Waals surface area contributed by atoms with Crippen molar-refractivity contribution in [3.05, 3.63) is 58.6 Å². The van der Waals surface area contributed by atoms with Gasteiger partial charge in [0, 0.05) is 17.0 Å². The third kappa shape index (κ3) is 4.22. The number of nitrogens with one attached hydrogen (secondary N) is 1. The molecular weight excluding hydrogens is 350 g/mol. The van der Waals surface area contributed by atoms with E-state index in [0.29, 0.717) is 24.0 Å². The van der Waals surface area contributed by atoms with Gasteiger partial charge in [-0.2, -0.15) is 0 Å². The van der Waals surface area contributed by atoms with Gasteiger partial charge in [0.2, 0.25) is 0 Å². The topological polar surface area (TPSA) is 68.9 Å². The van der Waals surface area contributed by atoms with Gasteiger partial charge in [-0.15, -0.1) is 0 Å². The molecule has 0 bridgehead atoms. The zero-order valence-electron chi connectivity index (χ0n) is 15.1. The van der Waals surface area contributed by atoms with E-state index in [2.05, 4.69) is 16.4 Å². The lowest BCUT2D eigenvalue weighted by Crippen LogP contribution is -2.37. The van der Waals surface area contributed by atoms with E-state index in [1.54, 1.807) is 14.2 Å². The van der Waals surface area contributed by atoms with Crippen molar-refractivity contribution >= 4 is 17.6 Å². The molecule has 0 radical (unpaired) electrons. The first-order chi connectivity index (χ1) is 12.6. The number of hydrogen-bond acceptors (Lipinski definition) is 3. The van der Waals surface area contributed by atoms with Crippen LogP contribution in [0.4, 0.5) is 0 Å². The maximum absolute atomic E-state index is 6.12. The van der Waals surface area contributed by atoms with Gasteiger partial charge in [-0.25, -0.2) is 4.99 Å². The summed E-state index contributed by atoms with van der Waals surface area (Å²) in [7, 11) is 3.23. The summed E-state index contributed by atoms with van der Waals surface area (Å²) in [6, 6.07) is 13.8. The van der Waals surface area contributed by atoms with Crippen LogP contribution in [-0.2, 0) is 12.0 Å². The Balaban J connectivity index is 1.59. The minimum atomic E-state index is 0.119. The molecule has 1 saturated carbocycles. The molecule has 0 heterocycles. The molecule has 0 unspecified atom stereocenters. The lowest BCUT2D eigenvalue weighted by molar-refractivity contribution is 0.354. The highest BCUT2D eigenvalue weighted by atomic mass is 35.5. The number of nitrogens with two attached hydrogens (primary N) is 1. The van der Waals surface area contributed by atoms with E-state index >= 15 is 0 Å². The maximum atomic E-state index is 6.12. The smallest absolute Gasteiger partial charge is 0.188 e. The molecule has 0 amide bonds. The van der Waals surface area contributed by atoms with Gasteiger partial charge in [0.1, 0.15) is 0 Å². The second kappa shape index (κ2) is 7.87. The Labute approximate surface area is 159 Å². The van der Waals surface area contributed by atoms with Crippen molar-refractivity contribution in [1.29, 1.82) is 0 Å². The molecule has 6 heteroatoms. The Hall–Kier alpha value is -2.40. The zero-order chi connectivity index (χ0) is 18.6. The average Bonchev–Trinajstić information content (AvgIpc) is 3.45. The van der Waals surface area contributed by atoms with Crippen molar-refractivity contribution in [2.24, 2.45) is 10.7 Å². The summed E-state index contributed by atoms with van der Waals surface area (Å²) in [5, 5.41) is 4.02. The molecule has 26 heavy (non-hydrogen) atoms. The highest BCUT2D eigenvalue weighted by Gasteiger charge is 2.44. The van der Waals surface area contributed by atoms with Crippen LogP contribution in [0, 0.1) is 0 Å². The molecule has 3 rings (SSSR count). The van der Waals surface area contributed by atoms with Crippen molar-refractivity contribution in [2.45, 2.75) is 24.8 Å². The van der Waals surface area contributed by atoms with Crippen LogP contribution in [0.2, 0.25) is 5.02 Å². The van der Waals surface area contributed by atoms with Crippen LogP contribution in [-0.4, -0.2) is 26.7 Å². The fourth-order valence-electron chi connectivity index (χ4n) is 3.01. The number of methoxy groups -OCH3 is 2. The second-order valence-electron chi connectivity index (χ2n) is 6.54. The largest absolute Gasteiger partial charge is 0.493 e. The fraction of sp³-hybridized carbons (Fsp3) is 0.350. The molecule has 2 aromatic carbocycles. The normalized spacial score (nSPS) is 15.4.